The topological polar surface area (TPSA) is 121 Å². The molecule has 0 aliphatic carbocycles. The van der Waals surface area contributed by atoms with Gasteiger partial charge in [-0.1, -0.05) is 6.07 Å². The minimum atomic E-state index is -0.301. The number of amides is 2. The van der Waals surface area contributed by atoms with Gasteiger partial charge in [0.2, 0.25) is 5.95 Å². The molecule has 3 heterocycles. The molecule has 5 rings (SSSR count). The smallest absolute Gasteiger partial charge is 0.255 e. The van der Waals surface area contributed by atoms with Gasteiger partial charge in [-0.25, -0.2) is 9.97 Å². The molecule has 4 aromatic rings. The molecule has 10 heteroatoms. The number of hydrogen-bond donors (Lipinski definition) is 3. The molecule has 0 unspecified atom stereocenters. The largest absolute Gasteiger partial charge is 0.378 e. The molecule has 10 nitrogen and oxygen atoms in total. The Morgan fingerprint density at radius 1 is 0.949 bits per heavy atom. The van der Waals surface area contributed by atoms with Crippen molar-refractivity contribution in [1.29, 1.82) is 0 Å². The fourth-order valence-electron chi connectivity index (χ4n) is 4.28. The number of pyridine rings is 1. The number of morpholine rings is 1. The van der Waals surface area contributed by atoms with Gasteiger partial charge >= 0.3 is 0 Å². The van der Waals surface area contributed by atoms with Crippen molar-refractivity contribution in [2.75, 3.05) is 48.9 Å². The lowest BCUT2D eigenvalue weighted by Crippen LogP contribution is -2.36. The summed E-state index contributed by atoms with van der Waals surface area (Å²) in [5.74, 6) is -0.119. The fourth-order valence-corrected chi connectivity index (χ4v) is 4.28. The molecule has 2 amide bonds. The molecule has 2 aromatic carbocycles. The zero-order valence-electron chi connectivity index (χ0n) is 21.8. The van der Waals surface area contributed by atoms with Gasteiger partial charge in [-0.05, 0) is 61.0 Å². The molecule has 0 saturated carbocycles. The van der Waals surface area contributed by atoms with E-state index in [1.807, 2.05) is 43.3 Å². The van der Waals surface area contributed by atoms with Crippen molar-refractivity contribution in [2.45, 2.75) is 6.92 Å². The monoisotopic (exact) mass is 523 g/mol. The van der Waals surface area contributed by atoms with Gasteiger partial charge in [0.1, 0.15) is 0 Å². The maximum atomic E-state index is 13.3. The highest BCUT2D eigenvalue weighted by Gasteiger charge is 2.17. The van der Waals surface area contributed by atoms with E-state index in [0.717, 1.165) is 22.5 Å². The van der Waals surface area contributed by atoms with Crippen LogP contribution in [0.4, 0.5) is 23.0 Å². The highest BCUT2D eigenvalue weighted by atomic mass is 16.5. The van der Waals surface area contributed by atoms with Gasteiger partial charge in [-0.15, -0.1) is 0 Å². The predicted molar refractivity (Wildman–Crippen MR) is 151 cm³/mol. The Bertz CT molecular complexity index is 1490. The maximum Gasteiger partial charge on any atom is 0.255 e. The van der Waals surface area contributed by atoms with Gasteiger partial charge in [0.05, 0.1) is 18.9 Å². The molecule has 1 fully saturated rings. The van der Waals surface area contributed by atoms with Gasteiger partial charge < -0.3 is 25.6 Å². The van der Waals surface area contributed by atoms with E-state index >= 15 is 0 Å². The lowest BCUT2D eigenvalue weighted by atomic mass is 10.1. The highest BCUT2D eigenvalue weighted by molar-refractivity contribution is 6.06. The van der Waals surface area contributed by atoms with Crippen LogP contribution >= 0.6 is 0 Å². The van der Waals surface area contributed by atoms with Crippen molar-refractivity contribution in [3.8, 4) is 11.3 Å². The lowest BCUT2D eigenvalue weighted by Gasteiger charge is -2.29. The third-order valence-corrected chi connectivity index (χ3v) is 6.40. The van der Waals surface area contributed by atoms with E-state index < -0.39 is 0 Å². The summed E-state index contributed by atoms with van der Waals surface area (Å²) in [4.78, 5) is 41.0. The lowest BCUT2D eigenvalue weighted by molar-refractivity contribution is 0.0961. The van der Waals surface area contributed by atoms with Crippen LogP contribution in [-0.2, 0) is 4.74 Å². The molecule has 2 aromatic heterocycles. The Kier molecular flexibility index (Phi) is 7.74. The maximum absolute atomic E-state index is 13.3. The Morgan fingerprint density at radius 3 is 2.56 bits per heavy atom. The first-order valence-electron chi connectivity index (χ1n) is 12.6. The van der Waals surface area contributed by atoms with Gasteiger partial charge in [0.25, 0.3) is 11.8 Å². The molecule has 0 spiro atoms. The molecule has 0 bridgehead atoms. The van der Waals surface area contributed by atoms with Gasteiger partial charge in [-0.2, -0.15) is 0 Å². The van der Waals surface area contributed by atoms with Crippen molar-refractivity contribution < 1.29 is 14.3 Å². The summed E-state index contributed by atoms with van der Waals surface area (Å²) >= 11 is 0. The number of carbonyl (C=O) groups excluding carboxylic acids is 2. The summed E-state index contributed by atoms with van der Waals surface area (Å²) in [6.07, 6.45) is 5.13. The number of nitrogens with zero attached hydrogens (tertiary/aromatic N) is 4. The highest BCUT2D eigenvalue weighted by Crippen LogP contribution is 2.26. The van der Waals surface area contributed by atoms with Crippen molar-refractivity contribution >= 4 is 34.8 Å². The second-order valence-corrected chi connectivity index (χ2v) is 9.06. The van der Waals surface area contributed by atoms with Gasteiger partial charge in [-0.3, -0.25) is 14.6 Å². The number of benzene rings is 2. The van der Waals surface area contributed by atoms with Crippen LogP contribution in [0.25, 0.3) is 11.3 Å². The number of aryl methyl sites for hydroxylation is 1. The van der Waals surface area contributed by atoms with Crippen LogP contribution in [0.1, 0.15) is 26.3 Å². The Labute approximate surface area is 226 Å². The van der Waals surface area contributed by atoms with Crippen molar-refractivity contribution in [3.05, 3.63) is 89.9 Å². The van der Waals surface area contributed by atoms with Crippen LogP contribution in [0.3, 0.4) is 0 Å². The number of rotatable bonds is 7. The number of hydrogen-bond acceptors (Lipinski definition) is 8. The van der Waals surface area contributed by atoms with E-state index in [1.54, 1.807) is 43.8 Å². The van der Waals surface area contributed by atoms with Crippen LogP contribution in [0.15, 0.2) is 73.2 Å². The van der Waals surface area contributed by atoms with E-state index in [2.05, 4.69) is 35.8 Å². The molecule has 1 aliphatic rings. The summed E-state index contributed by atoms with van der Waals surface area (Å²) in [6, 6.07) is 16.4. The summed E-state index contributed by atoms with van der Waals surface area (Å²) in [5, 5.41) is 8.84. The molecular weight excluding hydrogens is 494 g/mol. The number of nitrogens with one attached hydrogen (secondary N) is 3. The number of aromatic nitrogens is 3. The van der Waals surface area contributed by atoms with E-state index in [0.29, 0.717) is 54.8 Å². The third-order valence-electron chi connectivity index (χ3n) is 6.40. The zero-order chi connectivity index (χ0) is 27.2. The third kappa shape index (κ3) is 6.19. The average molecular weight is 524 g/mol. The van der Waals surface area contributed by atoms with E-state index in [1.165, 1.54) is 0 Å². The van der Waals surface area contributed by atoms with E-state index in [4.69, 9.17) is 4.74 Å². The average Bonchev–Trinajstić information content (AvgIpc) is 2.98. The second kappa shape index (κ2) is 11.7. The quantitative estimate of drug-likeness (QED) is 0.332. The molecule has 3 N–H and O–H groups in total. The summed E-state index contributed by atoms with van der Waals surface area (Å²) < 4.78 is 5.46. The number of carbonyl (C=O) groups is 2. The van der Waals surface area contributed by atoms with Gasteiger partial charge in [0.15, 0.2) is 0 Å². The first-order valence-corrected chi connectivity index (χ1v) is 12.6. The number of ether oxygens (including phenoxy) is 1. The predicted octanol–water partition coefficient (Wildman–Crippen LogP) is 4.04. The van der Waals surface area contributed by atoms with Gasteiger partial charge in [0, 0.05) is 72.5 Å². The Balaban J connectivity index is 1.37. The molecule has 0 radical (unpaired) electrons. The van der Waals surface area contributed by atoms with Crippen LogP contribution in [-0.4, -0.2) is 60.1 Å². The second-order valence-electron chi connectivity index (χ2n) is 9.06. The zero-order valence-corrected chi connectivity index (χ0v) is 21.8. The van der Waals surface area contributed by atoms with E-state index in [9.17, 15) is 9.59 Å². The minimum absolute atomic E-state index is 0.226. The fraction of sp³-hybridized carbons (Fsp3) is 0.207. The number of anilines is 4. The normalized spacial score (nSPS) is 13.0. The summed E-state index contributed by atoms with van der Waals surface area (Å²) in [7, 11) is 1.58. The first-order chi connectivity index (χ1) is 19.0. The SMILES string of the molecule is CNC(=O)c1cc(NC(=O)c2ccc(C)c(Nc3nccc(-c4cccnc4)n3)c2)cc(N2CCOCC2)c1. The van der Waals surface area contributed by atoms with Crippen molar-refractivity contribution in [3.63, 3.8) is 0 Å². The van der Waals surface area contributed by atoms with Crippen LogP contribution in [0, 0.1) is 6.92 Å². The molecular formula is C29H29N7O3. The van der Waals surface area contributed by atoms with Crippen LogP contribution in [0.2, 0.25) is 0 Å². The molecule has 198 valence electrons. The van der Waals surface area contributed by atoms with Crippen LogP contribution < -0.4 is 20.9 Å². The van der Waals surface area contributed by atoms with Crippen molar-refractivity contribution in [1.82, 2.24) is 20.3 Å². The summed E-state index contributed by atoms with van der Waals surface area (Å²) in [5.41, 5.74) is 5.55. The van der Waals surface area contributed by atoms with E-state index in [-0.39, 0.29) is 11.8 Å². The molecule has 0 atom stereocenters. The van der Waals surface area contributed by atoms with Crippen molar-refractivity contribution in [2.24, 2.45) is 0 Å². The standard InChI is InChI=1S/C29H29N7O3/c1-19-5-6-20(16-26(19)35-29-32-9-7-25(34-29)21-4-3-8-31-18-21)28(38)33-23-14-22(27(37)30-2)15-24(17-23)36-10-12-39-13-11-36/h3-9,14-18H,10-13H2,1-2H3,(H,30,37)(H,33,38)(H,32,34,35). The Morgan fingerprint density at radius 2 is 1.79 bits per heavy atom. The first kappa shape index (κ1) is 25.8. The molecule has 1 aliphatic heterocycles. The summed E-state index contributed by atoms with van der Waals surface area (Å²) in [6.45, 7) is 4.58. The Hall–Kier alpha value is -4.83. The molecule has 39 heavy (non-hydrogen) atoms. The minimum Gasteiger partial charge on any atom is -0.378 e. The van der Waals surface area contributed by atoms with Crippen LogP contribution in [0.5, 0.6) is 0 Å². The molecule has 1 saturated heterocycles.